The Labute approximate surface area is 127 Å². The molecule has 1 saturated heterocycles. The summed E-state index contributed by atoms with van der Waals surface area (Å²) in [7, 11) is 1.64. The molecule has 1 fully saturated rings. The molecule has 1 aliphatic rings. The lowest BCUT2D eigenvalue weighted by Gasteiger charge is -2.33. The minimum atomic E-state index is -0.855. The van der Waals surface area contributed by atoms with E-state index in [2.05, 4.69) is 9.97 Å². The van der Waals surface area contributed by atoms with Crippen LogP contribution in [0.25, 0.3) is 0 Å². The van der Waals surface area contributed by atoms with Gasteiger partial charge >= 0.3 is 12.0 Å². The van der Waals surface area contributed by atoms with E-state index in [4.69, 9.17) is 16.7 Å². The number of hydrogen-bond donors (Lipinski definition) is 1. The molecule has 7 nitrogen and oxygen atoms in total. The van der Waals surface area contributed by atoms with E-state index in [0.717, 1.165) is 0 Å². The van der Waals surface area contributed by atoms with Crippen LogP contribution in [0.4, 0.5) is 4.79 Å². The van der Waals surface area contributed by atoms with Crippen molar-refractivity contribution in [1.29, 1.82) is 0 Å². The van der Waals surface area contributed by atoms with Gasteiger partial charge in [-0.2, -0.15) is 0 Å². The fraction of sp³-hybridized carbons (Fsp3) is 0.538. The fourth-order valence-corrected chi connectivity index (χ4v) is 2.51. The molecule has 0 radical (unpaired) electrons. The van der Waals surface area contributed by atoms with Gasteiger partial charge in [0.1, 0.15) is 0 Å². The van der Waals surface area contributed by atoms with E-state index in [-0.39, 0.29) is 24.3 Å². The third-order valence-electron chi connectivity index (χ3n) is 3.48. The Kier molecular flexibility index (Phi) is 4.95. The van der Waals surface area contributed by atoms with Crippen LogP contribution in [0.1, 0.15) is 18.5 Å². The highest BCUT2D eigenvalue weighted by Gasteiger charge is 2.29. The van der Waals surface area contributed by atoms with Crippen LogP contribution in [0.2, 0.25) is 5.15 Å². The topological polar surface area (TPSA) is 86.6 Å². The Hall–Kier alpha value is -1.89. The number of carbonyl (C=O) groups is 2. The lowest BCUT2D eigenvalue weighted by Crippen LogP contribution is -2.47. The molecule has 0 saturated carbocycles. The zero-order valence-electron chi connectivity index (χ0n) is 11.7. The molecule has 2 amide bonds. The van der Waals surface area contributed by atoms with Crippen molar-refractivity contribution in [3.8, 4) is 0 Å². The normalized spacial score (nSPS) is 18.4. The molecule has 1 aromatic rings. The summed E-state index contributed by atoms with van der Waals surface area (Å²) in [5.41, 5.74) is 0.516. The zero-order chi connectivity index (χ0) is 15.4. The first kappa shape index (κ1) is 15.5. The highest BCUT2D eigenvalue weighted by atomic mass is 35.5. The number of piperidine rings is 1. The van der Waals surface area contributed by atoms with Gasteiger partial charge in [0.05, 0.1) is 18.2 Å². The van der Waals surface area contributed by atoms with E-state index in [9.17, 15) is 9.59 Å². The van der Waals surface area contributed by atoms with Gasteiger partial charge in [-0.25, -0.2) is 9.78 Å². The first-order chi connectivity index (χ1) is 9.99. The van der Waals surface area contributed by atoms with Gasteiger partial charge in [-0.3, -0.25) is 9.78 Å². The Morgan fingerprint density at radius 2 is 2.19 bits per heavy atom. The Morgan fingerprint density at radius 3 is 2.86 bits per heavy atom. The average molecular weight is 313 g/mol. The van der Waals surface area contributed by atoms with Crippen molar-refractivity contribution >= 4 is 23.6 Å². The minimum Gasteiger partial charge on any atom is -0.481 e. The van der Waals surface area contributed by atoms with Crippen molar-refractivity contribution < 1.29 is 14.7 Å². The van der Waals surface area contributed by atoms with E-state index in [1.807, 2.05) is 0 Å². The number of amides is 2. The number of halogens is 1. The molecule has 1 unspecified atom stereocenters. The molecule has 114 valence electrons. The molecule has 1 N–H and O–H groups in total. The third kappa shape index (κ3) is 3.81. The van der Waals surface area contributed by atoms with Crippen LogP contribution in [-0.4, -0.2) is 57.0 Å². The summed E-state index contributed by atoms with van der Waals surface area (Å²) < 4.78 is 0. The van der Waals surface area contributed by atoms with Crippen molar-refractivity contribution in [3.63, 3.8) is 0 Å². The van der Waals surface area contributed by atoms with Crippen LogP contribution < -0.4 is 0 Å². The summed E-state index contributed by atoms with van der Waals surface area (Å²) in [5, 5.41) is 9.32. The zero-order valence-corrected chi connectivity index (χ0v) is 12.5. The summed E-state index contributed by atoms with van der Waals surface area (Å²) in [6, 6.07) is -0.220. The predicted octanol–water partition coefficient (Wildman–Crippen LogP) is 1.48. The number of urea groups is 1. The van der Waals surface area contributed by atoms with Gasteiger partial charge in [-0.1, -0.05) is 11.6 Å². The number of rotatable bonds is 3. The van der Waals surface area contributed by atoms with Crippen LogP contribution in [0, 0.1) is 5.92 Å². The Morgan fingerprint density at radius 1 is 1.48 bits per heavy atom. The van der Waals surface area contributed by atoms with Crippen LogP contribution in [0.15, 0.2) is 12.4 Å². The van der Waals surface area contributed by atoms with Crippen molar-refractivity contribution in [2.75, 3.05) is 20.1 Å². The molecule has 2 heterocycles. The number of carboxylic acid groups (broad SMARTS) is 1. The quantitative estimate of drug-likeness (QED) is 0.913. The maximum Gasteiger partial charge on any atom is 0.320 e. The molecule has 0 bridgehead atoms. The summed E-state index contributed by atoms with van der Waals surface area (Å²) in [4.78, 5) is 34.4. The monoisotopic (exact) mass is 312 g/mol. The highest BCUT2D eigenvalue weighted by molar-refractivity contribution is 6.29. The maximum absolute atomic E-state index is 12.3. The molecule has 21 heavy (non-hydrogen) atoms. The van der Waals surface area contributed by atoms with E-state index >= 15 is 0 Å². The molecule has 8 heteroatoms. The van der Waals surface area contributed by atoms with Crippen molar-refractivity contribution in [3.05, 3.63) is 23.2 Å². The largest absolute Gasteiger partial charge is 0.481 e. The second-order valence-corrected chi connectivity index (χ2v) is 5.41. The standard InChI is InChI=1S/C13H17ClN4O3/c1-17(8-10-11(14)16-5-4-15-10)13(21)18-6-2-3-9(7-18)12(19)20/h4-5,9H,2-3,6-8H2,1H3,(H,19,20). The van der Waals surface area contributed by atoms with Crippen LogP contribution in [0.3, 0.4) is 0 Å². The van der Waals surface area contributed by atoms with Gasteiger partial charge in [-0.15, -0.1) is 0 Å². The molecule has 0 aliphatic carbocycles. The summed E-state index contributed by atoms with van der Waals surface area (Å²) in [5.74, 6) is -1.34. The van der Waals surface area contributed by atoms with E-state index in [0.29, 0.717) is 25.1 Å². The lowest BCUT2D eigenvalue weighted by molar-refractivity contribution is -0.143. The lowest BCUT2D eigenvalue weighted by atomic mass is 9.99. The van der Waals surface area contributed by atoms with E-state index < -0.39 is 11.9 Å². The van der Waals surface area contributed by atoms with Crippen molar-refractivity contribution in [2.24, 2.45) is 5.92 Å². The average Bonchev–Trinajstić information content (AvgIpc) is 2.49. The number of hydrogen-bond acceptors (Lipinski definition) is 4. The van der Waals surface area contributed by atoms with Gasteiger partial charge in [-0.05, 0) is 12.8 Å². The number of carboxylic acids is 1. The van der Waals surface area contributed by atoms with Gasteiger partial charge in [0.2, 0.25) is 0 Å². The SMILES string of the molecule is CN(Cc1nccnc1Cl)C(=O)N1CCCC(C(=O)O)C1. The second kappa shape index (κ2) is 6.71. The number of carbonyl (C=O) groups excluding carboxylic acids is 1. The smallest absolute Gasteiger partial charge is 0.320 e. The Bertz CT molecular complexity index is 540. The summed E-state index contributed by atoms with van der Waals surface area (Å²) >= 11 is 5.92. The molecule has 0 aromatic carbocycles. The van der Waals surface area contributed by atoms with Gasteiger partial charge < -0.3 is 14.9 Å². The predicted molar refractivity (Wildman–Crippen MR) is 75.8 cm³/mol. The molecule has 2 rings (SSSR count). The number of nitrogens with zero attached hydrogens (tertiary/aromatic N) is 4. The minimum absolute atomic E-state index is 0.220. The Balaban J connectivity index is 1.99. The maximum atomic E-state index is 12.3. The molecular formula is C13H17ClN4O3. The van der Waals surface area contributed by atoms with Gasteiger partial charge in [0, 0.05) is 32.5 Å². The van der Waals surface area contributed by atoms with Crippen LogP contribution in [0.5, 0.6) is 0 Å². The van der Waals surface area contributed by atoms with Crippen LogP contribution in [-0.2, 0) is 11.3 Å². The van der Waals surface area contributed by atoms with Gasteiger partial charge in [0.25, 0.3) is 0 Å². The molecule has 1 aliphatic heterocycles. The van der Waals surface area contributed by atoms with Crippen molar-refractivity contribution in [2.45, 2.75) is 19.4 Å². The van der Waals surface area contributed by atoms with Crippen molar-refractivity contribution in [1.82, 2.24) is 19.8 Å². The second-order valence-electron chi connectivity index (χ2n) is 5.06. The third-order valence-corrected chi connectivity index (χ3v) is 3.79. The number of aliphatic carboxylic acids is 1. The summed E-state index contributed by atoms with van der Waals surface area (Å²) in [6.45, 7) is 1.05. The molecule has 1 atom stereocenters. The molecular weight excluding hydrogens is 296 g/mol. The first-order valence-corrected chi connectivity index (χ1v) is 7.05. The molecule has 0 spiro atoms. The molecule has 1 aromatic heterocycles. The number of aromatic nitrogens is 2. The summed E-state index contributed by atoms with van der Waals surface area (Å²) in [6.07, 6.45) is 4.30. The van der Waals surface area contributed by atoms with E-state index in [1.54, 1.807) is 11.9 Å². The number of likely N-dealkylation sites (tertiary alicyclic amines) is 1. The van der Waals surface area contributed by atoms with Gasteiger partial charge in [0.15, 0.2) is 5.15 Å². The fourth-order valence-electron chi connectivity index (χ4n) is 2.34. The van der Waals surface area contributed by atoms with Crippen LogP contribution >= 0.6 is 11.6 Å². The highest BCUT2D eigenvalue weighted by Crippen LogP contribution is 2.19. The van der Waals surface area contributed by atoms with E-state index in [1.165, 1.54) is 17.3 Å². The first-order valence-electron chi connectivity index (χ1n) is 6.67.